The summed E-state index contributed by atoms with van der Waals surface area (Å²) in [6, 6.07) is 11.2. The quantitative estimate of drug-likeness (QED) is 0.769. The predicted molar refractivity (Wildman–Crippen MR) is 82.2 cm³/mol. The van der Waals surface area contributed by atoms with Crippen molar-refractivity contribution in [1.82, 2.24) is 4.90 Å². The van der Waals surface area contributed by atoms with Crippen LogP contribution in [0, 0.1) is 0 Å². The molecule has 2 rings (SSSR count). The van der Waals surface area contributed by atoms with Gasteiger partial charge in [-0.15, -0.1) is 0 Å². The lowest BCUT2D eigenvalue weighted by atomic mass is 10.0. The molecule has 4 heteroatoms. The van der Waals surface area contributed by atoms with Gasteiger partial charge in [0.25, 0.3) is 0 Å². The lowest BCUT2D eigenvalue weighted by Gasteiger charge is -2.37. The molecule has 0 aromatic heterocycles. The van der Waals surface area contributed by atoms with Crippen molar-refractivity contribution in [3.05, 3.63) is 30.3 Å². The largest absolute Gasteiger partial charge is 0.394 e. The van der Waals surface area contributed by atoms with Crippen LogP contribution in [0.2, 0.25) is 0 Å². The summed E-state index contributed by atoms with van der Waals surface area (Å²) in [6.07, 6.45) is 2.40. The number of likely N-dealkylation sites (tertiary alicyclic amines) is 1. The number of hydrogen-bond donors (Lipinski definition) is 1. The molecule has 1 heterocycles. The van der Waals surface area contributed by atoms with Crippen molar-refractivity contribution < 1.29 is 9.84 Å². The summed E-state index contributed by atoms with van der Waals surface area (Å²) >= 11 is 0. The summed E-state index contributed by atoms with van der Waals surface area (Å²) < 4.78 is 5.33. The average Bonchev–Trinajstić information content (AvgIpc) is 2.52. The first-order valence-corrected chi connectivity index (χ1v) is 7.50. The highest BCUT2D eigenvalue weighted by molar-refractivity contribution is 5.46. The molecule has 112 valence electrons. The molecule has 20 heavy (non-hydrogen) atoms. The summed E-state index contributed by atoms with van der Waals surface area (Å²) in [5.41, 5.74) is 1.30. The molecule has 0 atom stereocenters. The minimum atomic E-state index is 0.115. The zero-order chi connectivity index (χ0) is 14.2. The Kier molecular flexibility index (Phi) is 6.30. The highest BCUT2D eigenvalue weighted by Crippen LogP contribution is 2.21. The van der Waals surface area contributed by atoms with E-state index in [4.69, 9.17) is 9.84 Å². The lowest BCUT2D eigenvalue weighted by Crippen LogP contribution is -2.44. The molecule has 0 saturated carbocycles. The van der Waals surface area contributed by atoms with Crippen molar-refractivity contribution in [2.24, 2.45) is 0 Å². The van der Waals surface area contributed by atoms with Gasteiger partial charge in [0, 0.05) is 38.4 Å². The zero-order valence-corrected chi connectivity index (χ0v) is 12.4. The van der Waals surface area contributed by atoms with Gasteiger partial charge in [-0.3, -0.25) is 0 Å². The number of aliphatic hydroxyl groups excluding tert-OH is 1. The van der Waals surface area contributed by atoms with E-state index >= 15 is 0 Å². The SMILES string of the molecule is CN(c1ccccc1)C1CCN(CCOCCO)CC1. The topological polar surface area (TPSA) is 35.9 Å². The molecule has 0 bridgehead atoms. The maximum absolute atomic E-state index is 8.66. The van der Waals surface area contributed by atoms with Crippen molar-refractivity contribution in [1.29, 1.82) is 0 Å². The normalized spacial score (nSPS) is 17.3. The molecule has 0 unspecified atom stereocenters. The van der Waals surface area contributed by atoms with Gasteiger partial charge in [-0.05, 0) is 25.0 Å². The third-order valence-corrected chi connectivity index (χ3v) is 4.06. The Morgan fingerprint density at radius 1 is 1.20 bits per heavy atom. The first kappa shape index (κ1) is 15.3. The molecular weight excluding hydrogens is 252 g/mol. The van der Waals surface area contributed by atoms with Crippen molar-refractivity contribution in [2.45, 2.75) is 18.9 Å². The smallest absolute Gasteiger partial charge is 0.0698 e. The third-order valence-electron chi connectivity index (χ3n) is 4.06. The van der Waals surface area contributed by atoms with E-state index in [1.807, 2.05) is 0 Å². The van der Waals surface area contributed by atoms with Crippen LogP contribution in [0.5, 0.6) is 0 Å². The molecule has 1 aromatic rings. The molecule has 1 aliphatic heterocycles. The molecule has 1 fully saturated rings. The summed E-state index contributed by atoms with van der Waals surface area (Å²) in [5, 5.41) is 8.66. The Morgan fingerprint density at radius 3 is 2.55 bits per heavy atom. The second kappa shape index (κ2) is 8.25. The molecule has 0 spiro atoms. The number of nitrogens with zero attached hydrogens (tertiary/aromatic N) is 2. The molecular formula is C16H26N2O2. The van der Waals surface area contributed by atoms with E-state index in [1.54, 1.807) is 0 Å². The van der Waals surface area contributed by atoms with Gasteiger partial charge in [-0.1, -0.05) is 18.2 Å². The maximum Gasteiger partial charge on any atom is 0.0698 e. The summed E-state index contributed by atoms with van der Waals surface area (Å²) in [7, 11) is 2.19. The monoisotopic (exact) mass is 278 g/mol. The van der Waals surface area contributed by atoms with Crippen LogP contribution >= 0.6 is 0 Å². The number of piperidine rings is 1. The van der Waals surface area contributed by atoms with E-state index in [2.05, 4.69) is 47.2 Å². The molecule has 1 aliphatic rings. The number of ether oxygens (including phenoxy) is 1. The van der Waals surface area contributed by atoms with E-state index in [0.29, 0.717) is 12.6 Å². The first-order valence-electron chi connectivity index (χ1n) is 7.50. The average molecular weight is 278 g/mol. The Hall–Kier alpha value is -1.10. The number of rotatable bonds is 7. The van der Waals surface area contributed by atoms with Crippen molar-refractivity contribution in [2.75, 3.05) is 51.4 Å². The van der Waals surface area contributed by atoms with Gasteiger partial charge in [0.15, 0.2) is 0 Å². The third kappa shape index (κ3) is 4.47. The van der Waals surface area contributed by atoms with Crippen LogP contribution in [0.4, 0.5) is 5.69 Å². The number of anilines is 1. The fraction of sp³-hybridized carbons (Fsp3) is 0.625. The molecule has 0 radical (unpaired) electrons. The van der Waals surface area contributed by atoms with E-state index in [1.165, 1.54) is 18.5 Å². The first-order chi connectivity index (χ1) is 9.81. The second-order valence-electron chi connectivity index (χ2n) is 5.36. The van der Waals surface area contributed by atoms with Crippen LogP contribution in [-0.4, -0.2) is 62.6 Å². The van der Waals surface area contributed by atoms with Gasteiger partial charge < -0.3 is 19.6 Å². The van der Waals surface area contributed by atoms with Gasteiger partial charge in [-0.25, -0.2) is 0 Å². The number of aliphatic hydroxyl groups is 1. The van der Waals surface area contributed by atoms with Gasteiger partial charge >= 0.3 is 0 Å². The molecule has 4 nitrogen and oxygen atoms in total. The fourth-order valence-electron chi connectivity index (χ4n) is 2.76. The van der Waals surface area contributed by atoms with Crippen molar-refractivity contribution in [3.8, 4) is 0 Å². The lowest BCUT2D eigenvalue weighted by molar-refractivity contribution is 0.0680. The predicted octanol–water partition coefficient (Wildman–Crippen LogP) is 1.60. The number of hydrogen-bond acceptors (Lipinski definition) is 4. The Bertz CT molecular complexity index is 364. The molecule has 0 aliphatic carbocycles. The van der Waals surface area contributed by atoms with E-state index in [9.17, 15) is 0 Å². The van der Waals surface area contributed by atoms with Gasteiger partial charge in [0.2, 0.25) is 0 Å². The van der Waals surface area contributed by atoms with E-state index in [-0.39, 0.29) is 6.61 Å². The fourth-order valence-corrected chi connectivity index (χ4v) is 2.76. The van der Waals surface area contributed by atoms with E-state index in [0.717, 1.165) is 26.2 Å². The minimum absolute atomic E-state index is 0.115. The zero-order valence-electron chi connectivity index (χ0n) is 12.4. The summed E-state index contributed by atoms with van der Waals surface area (Å²) in [5.74, 6) is 0. The molecule has 1 saturated heterocycles. The maximum atomic E-state index is 8.66. The van der Waals surface area contributed by atoms with Crippen molar-refractivity contribution in [3.63, 3.8) is 0 Å². The van der Waals surface area contributed by atoms with E-state index < -0.39 is 0 Å². The highest BCUT2D eigenvalue weighted by Gasteiger charge is 2.22. The second-order valence-corrected chi connectivity index (χ2v) is 5.36. The summed E-state index contributed by atoms with van der Waals surface area (Å²) in [6.45, 7) is 4.52. The van der Waals surface area contributed by atoms with Crippen LogP contribution in [0.15, 0.2) is 30.3 Å². The van der Waals surface area contributed by atoms with Crippen LogP contribution in [0.3, 0.4) is 0 Å². The molecule has 0 amide bonds. The van der Waals surface area contributed by atoms with Crippen molar-refractivity contribution >= 4 is 5.69 Å². The Labute approximate surface area is 122 Å². The van der Waals surface area contributed by atoms with Gasteiger partial charge in [0.1, 0.15) is 0 Å². The highest BCUT2D eigenvalue weighted by atomic mass is 16.5. The minimum Gasteiger partial charge on any atom is -0.394 e. The van der Waals surface area contributed by atoms with Crippen LogP contribution < -0.4 is 4.90 Å². The van der Waals surface area contributed by atoms with Crippen LogP contribution in [0.25, 0.3) is 0 Å². The molecule has 1 N–H and O–H groups in total. The van der Waals surface area contributed by atoms with Gasteiger partial charge in [-0.2, -0.15) is 0 Å². The Morgan fingerprint density at radius 2 is 1.90 bits per heavy atom. The van der Waals surface area contributed by atoms with Gasteiger partial charge in [0.05, 0.1) is 19.8 Å². The summed E-state index contributed by atoms with van der Waals surface area (Å²) in [4.78, 5) is 4.85. The van der Waals surface area contributed by atoms with Crippen LogP contribution in [-0.2, 0) is 4.74 Å². The number of benzene rings is 1. The molecule has 1 aromatic carbocycles. The van der Waals surface area contributed by atoms with Crippen LogP contribution in [0.1, 0.15) is 12.8 Å². The Balaban J connectivity index is 1.71. The standard InChI is InChI=1S/C16H26N2O2/c1-17(15-5-3-2-4-6-15)16-7-9-18(10-8-16)11-13-20-14-12-19/h2-6,16,19H,7-14H2,1H3. The number of para-hydroxylation sites is 1.